The van der Waals surface area contributed by atoms with Crippen LogP contribution in [0.1, 0.15) is 15.9 Å². The summed E-state index contributed by atoms with van der Waals surface area (Å²) in [4.78, 5) is 38.2. The van der Waals surface area contributed by atoms with Crippen LogP contribution in [0.2, 0.25) is 0 Å². The van der Waals surface area contributed by atoms with E-state index < -0.39 is 33.7 Å². The van der Waals surface area contributed by atoms with Crippen molar-refractivity contribution in [1.82, 2.24) is 4.72 Å². The lowest BCUT2D eigenvalue weighted by molar-refractivity contribution is -0.117. The van der Waals surface area contributed by atoms with Crippen molar-refractivity contribution in [2.75, 3.05) is 10.2 Å². The number of rotatable bonds is 4. The number of sulfonamides is 1. The van der Waals surface area contributed by atoms with Crippen molar-refractivity contribution in [3.05, 3.63) is 75.3 Å². The highest BCUT2D eigenvalue weighted by Gasteiger charge is 2.34. The molecule has 1 aliphatic heterocycles. The molecule has 0 unspecified atom stereocenters. The third-order valence-electron chi connectivity index (χ3n) is 4.53. The molecule has 1 aliphatic rings. The molecular formula is C20H13BrFN3O5S2. The summed E-state index contributed by atoms with van der Waals surface area (Å²) in [6.07, 6.45) is -0.0726. The second-order valence-electron chi connectivity index (χ2n) is 6.67. The molecule has 2 heterocycles. The predicted octanol–water partition coefficient (Wildman–Crippen LogP) is 3.89. The van der Waals surface area contributed by atoms with Crippen molar-refractivity contribution in [3.63, 3.8) is 0 Å². The summed E-state index contributed by atoms with van der Waals surface area (Å²) in [5.74, 6) is -2.20. The number of carbonyl (C=O) groups excluding carboxylic acids is 3. The molecule has 2 aromatic carbocycles. The van der Waals surface area contributed by atoms with E-state index in [9.17, 15) is 27.2 Å². The van der Waals surface area contributed by atoms with Gasteiger partial charge in [0.1, 0.15) is 10.0 Å². The highest BCUT2D eigenvalue weighted by Crippen LogP contribution is 2.30. The molecule has 0 fully saturated rings. The Balaban J connectivity index is 1.54. The number of benzene rings is 2. The van der Waals surface area contributed by atoms with Gasteiger partial charge in [0.05, 0.1) is 12.1 Å². The van der Waals surface area contributed by atoms with Gasteiger partial charge in [0.25, 0.3) is 15.9 Å². The molecule has 2 N–H and O–H groups in total. The Morgan fingerprint density at radius 2 is 1.91 bits per heavy atom. The fourth-order valence-corrected chi connectivity index (χ4v) is 5.39. The zero-order chi connectivity index (χ0) is 23.0. The maximum absolute atomic E-state index is 14.8. The fourth-order valence-electron chi connectivity index (χ4n) is 3.13. The van der Waals surface area contributed by atoms with Gasteiger partial charge in [-0.25, -0.2) is 27.2 Å². The van der Waals surface area contributed by atoms with Crippen molar-refractivity contribution in [3.8, 4) is 0 Å². The van der Waals surface area contributed by atoms with Gasteiger partial charge in [-0.05, 0) is 47.3 Å². The molecule has 0 radical (unpaired) electrons. The summed E-state index contributed by atoms with van der Waals surface area (Å²) in [6, 6.07) is 9.99. The third kappa shape index (κ3) is 4.29. The zero-order valence-electron chi connectivity index (χ0n) is 16.0. The van der Waals surface area contributed by atoms with E-state index in [1.54, 1.807) is 23.6 Å². The summed E-state index contributed by atoms with van der Waals surface area (Å²) in [6.45, 7) is 0. The highest BCUT2D eigenvalue weighted by molar-refractivity contribution is 9.10. The Bertz CT molecular complexity index is 1360. The highest BCUT2D eigenvalue weighted by atomic mass is 79.9. The topological polar surface area (TPSA) is 113 Å². The van der Waals surface area contributed by atoms with Crippen molar-refractivity contribution < 1.29 is 27.2 Å². The van der Waals surface area contributed by atoms with Gasteiger partial charge in [0, 0.05) is 15.7 Å². The van der Waals surface area contributed by atoms with Crippen LogP contribution in [0.4, 0.5) is 20.6 Å². The lowest BCUT2D eigenvalue weighted by Crippen LogP contribution is -2.43. The maximum Gasteiger partial charge on any atom is 0.333 e. The minimum absolute atomic E-state index is 0.0526. The number of fused-ring (bicyclic) bond motifs is 1. The number of halogens is 2. The van der Waals surface area contributed by atoms with Gasteiger partial charge in [0.2, 0.25) is 5.91 Å². The predicted molar refractivity (Wildman–Crippen MR) is 120 cm³/mol. The van der Waals surface area contributed by atoms with E-state index in [0.717, 1.165) is 28.4 Å². The summed E-state index contributed by atoms with van der Waals surface area (Å²) in [5.41, 5.74) is 0.480. The summed E-state index contributed by atoms with van der Waals surface area (Å²) >= 11 is 4.20. The lowest BCUT2D eigenvalue weighted by Gasteiger charge is -2.27. The first-order valence-electron chi connectivity index (χ1n) is 8.98. The van der Waals surface area contributed by atoms with E-state index in [0.29, 0.717) is 10.0 Å². The van der Waals surface area contributed by atoms with Crippen molar-refractivity contribution in [2.24, 2.45) is 0 Å². The maximum atomic E-state index is 14.8. The molecule has 164 valence electrons. The number of thiophene rings is 1. The molecule has 0 aliphatic carbocycles. The van der Waals surface area contributed by atoms with Crippen molar-refractivity contribution in [2.45, 2.75) is 10.6 Å². The van der Waals surface area contributed by atoms with Gasteiger partial charge in [-0.1, -0.05) is 28.1 Å². The summed E-state index contributed by atoms with van der Waals surface area (Å²) < 4.78 is 41.4. The molecule has 0 saturated carbocycles. The van der Waals surface area contributed by atoms with E-state index >= 15 is 0 Å². The Labute approximate surface area is 194 Å². The van der Waals surface area contributed by atoms with E-state index in [1.165, 1.54) is 18.2 Å². The quantitative estimate of drug-likeness (QED) is 0.490. The molecule has 32 heavy (non-hydrogen) atoms. The van der Waals surface area contributed by atoms with Crippen LogP contribution in [-0.2, 0) is 21.2 Å². The largest absolute Gasteiger partial charge is 0.333 e. The number of anilines is 2. The number of carbonyl (C=O) groups is 3. The second kappa shape index (κ2) is 8.45. The third-order valence-corrected chi connectivity index (χ3v) is 7.75. The SMILES string of the molecule is O=C(Nc1ccc(N2C(=O)Cc3ccc(Br)cc3C2=O)c(F)c1)NS(=O)(=O)c1cccs1. The van der Waals surface area contributed by atoms with Crippen LogP contribution in [0.25, 0.3) is 0 Å². The first-order valence-corrected chi connectivity index (χ1v) is 12.1. The number of nitrogens with zero attached hydrogens (tertiary/aromatic N) is 1. The molecule has 0 atom stereocenters. The van der Waals surface area contributed by atoms with E-state index in [-0.39, 0.29) is 27.6 Å². The zero-order valence-corrected chi connectivity index (χ0v) is 19.2. The van der Waals surface area contributed by atoms with Crippen LogP contribution in [0.3, 0.4) is 0 Å². The molecule has 0 bridgehead atoms. The smallest absolute Gasteiger partial charge is 0.307 e. The minimum Gasteiger partial charge on any atom is -0.307 e. The van der Waals surface area contributed by atoms with Crippen LogP contribution in [0.15, 0.2) is 62.6 Å². The molecule has 4 rings (SSSR count). The average Bonchev–Trinajstić information content (AvgIpc) is 3.26. The van der Waals surface area contributed by atoms with Gasteiger partial charge < -0.3 is 5.32 Å². The average molecular weight is 538 g/mol. The van der Waals surface area contributed by atoms with E-state index in [2.05, 4.69) is 21.2 Å². The van der Waals surface area contributed by atoms with Crippen LogP contribution in [-0.4, -0.2) is 26.3 Å². The molecular weight excluding hydrogens is 525 g/mol. The number of amides is 4. The number of hydrogen-bond donors (Lipinski definition) is 2. The molecule has 12 heteroatoms. The van der Waals surface area contributed by atoms with E-state index in [4.69, 9.17) is 0 Å². The van der Waals surface area contributed by atoms with Gasteiger partial charge >= 0.3 is 6.03 Å². The Hall–Kier alpha value is -3.09. The Morgan fingerprint density at radius 1 is 1.12 bits per heavy atom. The lowest BCUT2D eigenvalue weighted by atomic mass is 9.98. The molecule has 0 spiro atoms. The van der Waals surface area contributed by atoms with Crippen LogP contribution < -0.4 is 14.9 Å². The first-order chi connectivity index (χ1) is 15.2. The van der Waals surface area contributed by atoms with Gasteiger partial charge in [0.15, 0.2) is 0 Å². The van der Waals surface area contributed by atoms with E-state index in [1.807, 2.05) is 4.72 Å². The number of imide groups is 1. The monoisotopic (exact) mass is 537 g/mol. The molecule has 0 saturated heterocycles. The van der Waals surface area contributed by atoms with Crippen LogP contribution >= 0.6 is 27.3 Å². The van der Waals surface area contributed by atoms with Gasteiger partial charge in [-0.3, -0.25) is 9.59 Å². The fraction of sp³-hybridized carbons (Fsp3) is 0.0500. The van der Waals surface area contributed by atoms with Crippen molar-refractivity contribution >= 4 is 66.5 Å². The molecule has 1 aromatic heterocycles. The summed E-state index contributed by atoms with van der Waals surface area (Å²) in [7, 11) is -4.06. The first kappa shape index (κ1) is 22.1. The number of urea groups is 1. The standard InChI is InChI=1S/C20H13BrFN3O5S2/c21-12-4-3-11-8-17(26)25(19(27)14(11)9-12)16-6-5-13(10-15(16)22)23-20(28)24-32(29,30)18-2-1-7-31-18/h1-7,9-10H,8H2,(H2,23,24,28). The Kier molecular flexibility index (Phi) is 5.84. The normalized spacial score (nSPS) is 13.6. The minimum atomic E-state index is -4.06. The molecule has 8 nitrogen and oxygen atoms in total. The van der Waals surface area contributed by atoms with Crippen LogP contribution in [0, 0.1) is 5.82 Å². The number of hydrogen-bond acceptors (Lipinski definition) is 6. The molecule has 3 aromatic rings. The summed E-state index contributed by atoms with van der Waals surface area (Å²) in [5, 5.41) is 3.76. The second-order valence-corrected chi connectivity index (χ2v) is 10.4. The number of nitrogens with one attached hydrogen (secondary N) is 2. The van der Waals surface area contributed by atoms with Gasteiger partial charge in [-0.15, -0.1) is 11.3 Å². The van der Waals surface area contributed by atoms with Crippen LogP contribution in [0.5, 0.6) is 0 Å². The van der Waals surface area contributed by atoms with Crippen molar-refractivity contribution in [1.29, 1.82) is 0 Å². The molecule has 4 amide bonds. The van der Waals surface area contributed by atoms with Gasteiger partial charge in [-0.2, -0.15) is 0 Å². The Morgan fingerprint density at radius 3 is 2.59 bits per heavy atom.